The number of nitrogens with zero attached hydrogens (tertiary/aromatic N) is 1. The molecule has 0 aliphatic carbocycles. The number of rotatable bonds is 4. The molecule has 0 saturated heterocycles. The predicted octanol–water partition coefficient (Wildman–Crippen LogP) is 4.34. The molecule has 0 aliphatic heterocycles. The van der Waals surface area contributed by atoms with Crippen molar-refractivity contribution >= 4 is 22.9 Å². The molecule has 0 bridgehead atoms. The van der Waals surface area contributed by atoms with Crippen LogP contribution >= 0.6 is 22.9 Å². The number of benzene rings is 1. The molecule has 0 aliphatic rings. The topological polar surface area (TPSA) is 3.24 Å². The Kier molecular flexibility index (Phi) is 4.21. The first-order valence-electron chi connectivity index (χ1n) is 5.62. The van der Waals surface area contributed by atoms with Gasteiger partial charge in [0.05, 0.1) is 4.34 Å². The summed E-state index contributed by atoms with van der Waals surface area (Å²) >= 11 is 7.57. The molecular weight excluding hydrogens is 250 g/mol. The molecule has 1 heterocycles. The number of hydrogen-bond donors (Lipinski definition) is 0. The molecule has 17 heavy (non-hydrogen) atoms. The summed E-state index contributed by atoms with van der Waals surface area (Å²) in [5, 5.41) is 0. The van der Waals surface area contributed by atoms with E-state index in [4.69, 9.17) is 11.6 Å². The summed E-state index contributed by atoms with van der Waals surface area (Å²) in [7, 11) is 2.13. The summed E-state index contributed by atoms with van der Waals surface area (Å²) in [6.07, 6.45) is 0. The summed E-state index contributed by atoms with van der Waals surface area (Å²) in [4.78, 5) is 3.61. The Balaban J connectivity index is 1.93. The van der Waals surface area contributed by atoms with Gasteiger partial charge in [-0.3, -0.25) is 4.90 Å². The lowest BCUT2D eigenvalue weighted by atomic mass is 10.1. The lowest BCUT2D eigenvalue weighted by Crippen LogP contribution is -2.16. The average Bonchev–Trinajstić information content (AvgIpc) is 2.67. The van der Waals surface area contributed by atoms with Crippen molar-refractivity contribution in [1.29, 1.82) is 0 Å². The van der Waals surface area contributed by atoms with Gasteiger partial charge in [-0.15, -0.1) is 11.3 Å². The van der Waals surface area contributed by atoms with Crippen LogP contribution in [0, 0.1) is 6.92 Å². The highest BCUT2D eigenvalue weighted by Gasteiger charge is 2.04. The Morgan fingerprint density at radius 1 is 1.06 bits per heavy atom. The van der Waals surface area contributed by atoms with Crippen LogP contribution in [0.5, 0.6) is 0 Å². The van der Waals surface area contributed by atoms with E-state index in [2.05, 4.69) is 49.2 Å². The summed E-state index contributed by atoms with van der Waals surface area (Å²) < 4.78 is 0.865. The van der Waals surface area contributed by atoms with Gasteiger partial charge in [0.25, 0.3) is 0 Å². The van der Waals surface area contributed by atoms with Gasteiger partial charge in [0.1, 0.15) is 0 Å². The van der Waals surface area contributed by atoms with Crippen LogP contribution < -0.4 is 0 Å². The molecule has 0 unspecified atom stereocenters. The van der Waals surface area contributed by atoms with E-state index in [0.717, 1.165) is 17.4 Å². The fourth-order valence-corrected chi connectivity index (χ4v) is 2.93. The third-order valence-electron chi connectivity index (χ3n) is 2.63. The van der Waals surface area contributed by atoms with E-state index >= 15 is 0 Å². The van der Waals surface area contributed by atoms with Crippen LogP contribution in [0.15, 0.2) is 36.4 Å². The maximum Gasteiger partial charge on any atom is 0.0931 e. The third-order valence-corrected chi connectivity index (χ3v) is 3.84. The summed E-state index contributed by atoms with van der Waals surface area (Å²) in [5.41, 5.74) is 2.65. The van der Waals surface area contributed by atoms with Gasteiger partial charge in [0.2, 0.25) is 0 Å². The zero-order chi connectivity index (χ0) is 12.3. The molecule has 0 saturated carbocycles. The SMILES string of the molecule is Cc1ccc(CN(C)Cc2ccc(Cl)s2)cc1. The van der Waals surface area contributed by atoms with Crippen LogP contribution in [0.25, 0.3) is 0 Å². The minimum absolute atomic E-state index is 0.865. The average molecular weight is 266 g/mol. The maximum atomic E-state index is 5.92. The number of hydrogen-bond acceptors (Lipinski definition) is 2. The molecular formula is C14H16ClNS. The van der Waals surface area contributed by atoms with E-state index in [1.54, 1.807) is 11.3 Å². The fraction of sp³-hybridized carbons (Fsp3) is 0.286. The number of thiophene rings is 1. The summed E-state index contributed by atoms with van der Waals surface area (Å²) in [6, 6.07) is 12.7. The van der Waals surface area contributed by atoms with Gasteiger partial charge in [-0.05, 0) is 31.7 Å². The zero-order valence-corrected chi connectivity index (χ0v) is 11.7. The van der Waals surface area contributed by atoms with Crippen molar-refractivity contribution in [3.8, 4) is 0 Å². The Morgan fingerprint density at radius 2 is 1.76 bits per heavy atom. The highest BCUT2D eigenvalue weighted by Crippen LogP contribution is 2.22. The second kappa shape index (κ2) is 5.67. The largest absolute Gasteiger partial charge is 0.297 e. The van der Waals surface area contributed by atoms with E-state index in [1.165, 1.54) is 16.0 Å². The van der Waals surface area contributed by atoms with E-state index in [1.807, 2.05) is 6.07 Å². The van der Waals surface area contributed by atoms with E-state index < -0.39 is 0 Å². The molecule has 3 heteroatoms. The molecule has 2 aromatic rings. The minimum Gasteiger partial charge on any atom is -0.297 e. The van der Waals surface area contributed by atoms with Crippen LogP contribution in [0.1, 0.15) is 16.0 Å². The standard InChI is InChI=1S/C14H16ClNS/c1-11-3-5-12(6-4-11)9-16(2)10-13-7-8-14(15)17-13/h3-8H,9-10H2,1-2H3. The summed E-state index contributed by atoms with van der Waals surface area (Å²) in [5.74, 6) is 0. The molecule has 0 atom stereocenters. The van der Waals surface area contributed by atoms with Gasteiger partial charge >= 0.3 is 0 Å². The molecule has 0 radical (unpaired) electrons. The van der Waals surface area contributed by atoms with Crippen LogP contribution in [0.4, 0.5) is 0 Å². The lowest BCUT2D eigenvalue weighted by molar-refractivity contribution is 0.322. The molecule has 0 spiro atoms. The first-order chi connectivity index (χ1) is 8.13. The Hall–Kier alpha value is -0.830. The van der Waals surface area contributed by atoms with E-state index in [-0.39, 0.29) is 0 Å². The Morgan fingerprint density at radius 3 is 2.35 bits per heavy atom. The molecule has 2 rings (SSSR count). The Bertz CT molecular complexity index is 475. The fourth-order valence-electron chi connectivity index (χ4n) is 1.76. The van der Waals surface area contributed by atoms with Crippen molar-refractivity contribution in [2.24, 2.45) is 0 Å². The van der Waals surface area contributed by atoms with Gasteiger partial charge in [-0.2, -0.15) is 0 Å². The van der Waals surface area contributed by atoms with Crippen molar-refractivity contribution in [2.75, 3.05) is 7.05 Å². The van der Waals surface area contributed by atoms with Gasteiger partial charge in [-0.1, -0.05) is 41.4 Å². The van der Waals surface area contributed by atoms with Gasteiger partial charge in [0, 0.05) is 18.0 Å². The minimum atomic E-state index is 0.865. The molecule has 1 aromatic carbocycles. The van der Waals surface area contributed by atoms with Crippen molar-refractivity contribution in [2.45, 2.75) is 20.0 Å². The van der Waals surface area contributed by atoms with Gasteiger partial charge in [0.15, 0.2) is 0 Å². The van der Waals surface area contributed by atoms with Gasteiger partial charge < -0.3 is 0 Å². The van der Waals surface area contributed by atoms with Crippen LogP contribution in [0.3, 0.4) is 0 Å². The normalized spacial score (nSPS) is 11.1. The third kappa shape index (κ3) is 3.84. The van der Waals surface area contributed by atoms with Crippen molar-refractivity contribution in [3.63, 3.8) is 0 Å². The second-order valence-electron chi connectivity index (χ2n) is 4.36. The van der Waals surface area contributed by atoms with Crippen molar-refractivity contribution in [1.82, 2.24) is 4.90 Å². The number of halogens is 1. The first kappa shape index (κ1) is 12.6. The Labute approximate surface area is 112 Å². The van der Waals surface area contributed by atoms with E-state index in [9.17, 15) is 0 Å². The molecule has 0 amide bonds. The molecule has 0 N–H and O–H groups in total. The van der Waals surface area contributed by atoms with Gasteiger partial charge in [-0.25, -0.2) is 0 Å². The molecule has 0 fully saturated rings. The summed E-state index contributed by atoms with van der Waals surface area (Å²) in [6.45, 7) is 4.03. The highest BCUT2D eigenvalue weighted by molar-refractivity contribution is 7.16. The van der Waals surface area contributed by atoms with Crippen LogP contribution in [-0.2, 0) is 13.1 Å². The number of aryl methyl sites for hydroxylation is 1. The molecule has 1 nitrogen and oxygen atoms in total. The maximum absolute atomic E-state index is 5.92. The first-order valence-corrected chi connectivity index (χ1v) is 6.81. The van der Waals surface area contributed by atoms with Crippen LogP contribution in [-0.4, -0.2) is 11.9 Å². The predicted molar refractivity (Wildman–Crippen MR) is 75.7 cm³/mol. The smallest absolute Gasteiger partial charge is 0.0931 e. The quantitative estimate of drug-likeness (QED) is 0.795. The van der Waals surface area contributed by atoms with Crippen molar-refractivity contribution < 1.29 is 0 Å². The molecule has 90 valence electrons. The molecule has 1 aromatic heterocycles. The van der Waals surface area contributed by atoms with Crippen molar-refractivity contribution in [3.05, 3.63) is 56.7 Å². The van der Waals surface area contributed by atoms with E-state index in [0.29, 0.717) is 0 Å². The highest BCUT2D eigenvalue weighted by atomic mass is 35.5. The monoisotopic (exact) mass is 265 g/mol. The second-order valence-corrected chi connectivity index (χ2v) is 6.16. The van der Waals surface area contributed by atoms with Crippen LogP contribution in [0.2, 0.25) is 4.34 Å². The zero-order valence-electron chi connectivity index (χ0n) is 10.1. The lowest BCUT2D eigenvalue weighted by Gasteiger charge is -2.15.